The third kappa shape index (κ3) is 67.5. The van der Waals surface area contributed by atoms with Gasteiger partial charge in [0, 0.05) is 12.8 Å². The standard InChI is InChI=1S/C76H147NO5/c1-3-5-7-9-11-13-15-17-19-21-32-36-40-44-48-52-56-60-64-68-74(79)73(72-78)77-75(80)69-65-61-57-53-49-45-41-37-34-30-28-26-24-23-25-27-29-31-35-39-43-47-51-55-59-63-67-71-82-76(81)70-66-62-58-54-50-46-42-38-33-22-20-18-16-14-12-10-8-6-4-2/h18,20,23-24,73-74,78-79H,3-17,19,21-22,25-72H2,1-2H3,(H,77,80)/b20-18-,24-23-. The largest absolute Gasteiger partial charge is 0.466 e. The van der Waals surface area contributed by atoms with Crippen molar-refractivity contribution in [2.45, 2.75) is 437 Å². The normalized spacial score (nSPS) is 12.6. The van der Waals surface area contributed by atoms with Crippen molar-refractivity contribution >= 4 is 11.9 Å². The molecule has 0 aromatic carbocycles. The van der Waals surface area contributed by atoms with Crippen LogP contribution in [-0.2, 0) is 14.3 Å². The summed E-state index contributed by atoms with van der Waals surface area (Å²) in [6.07, 6.45) is 91.0. The predicted molar refractivity (Wildman–Crippen MR) is 361 cm³/mol. The number of hydrogen-bond acceptors (Lipinski definition) is 5. The third-order valence-corrected chi connectivity index (χ3v) is 17.7. The summed E-state index contributed by atoms with van der Waals surface area (Å²) in [5, 5.41) is 23.4. The molecule has 0 saturated heterocycles. The van der Waals surface area contributed by atoms with Crippen molar-refractivity contribution in [3.05, 3.63) is 24.3 Å². The first-order valence-corrected chi connectivity index (χ1v) is 37.6. The van der Waals surface area contributed by atoms with Crippen molar-refractivity contribution in [3.8, 4) is 0 Å². The fourth-order valence-electron chi connectivity index (χ4n) is 12.0. The highest BCUT2D eigenvalue weighted by Gasteiger charge is 2.20. The van der Waals surface area contributed by atoms with Gasteiger partial charge in [-0.3, -0.25) is 9.59 Å². The van der Waals surface area contributed by atoms with Gasteiger partial charge in [0.15, 0.2) is 0 Å². The van der Waals surface area contributed by atoms with E-state index < -0.39 is 12.1 Å². The smallest absolute Gasteiger partial charge is 0.305 e. The molecule has 2 unspecified atom stereocenters. The maximum atomic E-state index is 12.5. The van der Waals surface area contributed by atoms with E-state index in [1.807, 2.05) is 0 Å². The Morgan fingerprint density at radius 1 is 0.329 bits per heavy atom. The molecule has 0 aliphatic rings. The van der Waals surface area contributed by atoms with Gasteiger partial charge in [0.1, 0.15) is 0 Å². The van der Waals surface area contributed by atoms with Gasteiger partial charge in [-0.05, 0) is 77.0 Å². The Kier molecular flexibility index (Phi) is 70.4. The molecule has 0 radical (unpaired) electrons. The topological polar surface area (TPSA) is 95.9 Å². The van der Waals surface area contributed by atoms with E-state index >= 15 is 0 Å². The molecule has 1 amide bonds. The summed E-state index contributed by atoms with van der Waals surface area (Å²) < 4.78 is 5.51. The zero-order valence-corrected chi connectivity index (χ0v) is 55.8. The van der Waals surface area contributed by atoms with Crippen molar-refractivity contribution in [1.29, 1.82) is 0 Å². The summed E-state index contributed by atoms with van der Waals surface area (Å²) in [6, 6.07) is -0.543. The number of amides is 1. The fraction of sp³-hybridized carbons (Fsp3) is 0.921. The average Bonchev–Trinajstić information content (AvgIpc) is 3.48. The van der Waals surface area contributed by atoms with Crippen LogP contribution in [0, 0.1) is 0 Å². The number of aliphatic hydroxyl groups excluding tert-OH is 2. The van der Waals surface area contributed by atoms with E-state index in [4.69, 9.17) is 4.74 Å². The fourth-order valence-corrected chi connectivity index (χ4v) is 12.0. The minimum atomic E-state index is -0.665. The second kappa shape index (κ2) is 71.8. The molecule has 0 aromatic rings. The van der Waals surface area contributed by atoms with E-state index in [9.17, 15) is 19.8 Å². The van der Waals surface area contributed by atoms with Crippen molar-refractivity contribution in [1.82, 2.24) is 5.32 Å². The minimum Gasteiger partial charge on any atom is -0.466 e. The van der Waals surface area contributed by atoms with E-state index in [2.05, 4.69) is 43.5 Å². The quantitative estimate of drug-likeness (QED) is 0.0320. The van der Waals surface area contributed by atoms with Crippen LogP contribution in [0.25, 0.3) is 0 Å². The number of allylic oxidation sites excluding steroid dienone is 4. The second-order valence-electron chi connectivity index (χ2n) is 26.0. The molecule has 0 aliphatic heterocycles. The first kappa shape index (κ1) is 80.3. The highest BCUT2D eigenvalue weighted by atomic mass is 16.5. The lowest BCUT2D eigenvalue weighted by atomic mass is 10.0. The number of unbranched alkanes of at least 4 members (excludes halogenated alkanes) is 56. The van der Waals surface area contributed by atoms with Crippen LogP contribution in [0.5, 0.6) is 0 Å². The van der Waals surface area contributed by atoms with Gasteiger partial charge in [0.2, 0.25) is 5.91 Å². The van der Waals surface area contributed by atoms with Crippen molar-refractivity contribution in [2.75, 3.05) is 13.2 Å². The van der Waals surface area contributed by atoms with Gasteiger partial charge in [0.05, 0.1) is 25.4 Å². The van der Waals surface area contributed by atoms with Crippen LogP contribution >= 0.6 is 0 Å². The van der Waals surface area contributed by atoms with Crippen LogP contribution < -0.4 is 5.32 Å². The number of hydrogen-bond donors (Lipinski definition) is 3. The summed E-state index contributed by atoms with van der Waals surface area (Å²) in [5.41, 5.74) is 0. The van der Waals surface area contributed by atoms with E-state index in [-0.39, 0.29) is 18.5 Å². The molecule has 6 nitrogen and oxygen atoms in total. The molecule has 0 fully saturated rings. The number of aliphatic hydroxyl groups is 2. The highest BCUT2D eigenvalue weighted by Crippen LogP contribution is 2.19. The van der Waals surface area contributed by atoms with Crippen LogP contribution in [-0.4, -0.2) is 47.4 Å². The molecule has 0 aliphatic carbocycles. The zero-order valence-electron chi connectivity index (χ0n) is 55.8. The monoisotopic (exact) mass is 1150 g/mol. The molecule has 6 heteroatoms. The lowest BCUT2D eigenvalue weighted by Gasteiger charge is -2.22. The van der Waals surface area contributed by atoms with Gasteiger partial charge in [-0.15, -0.1) is 0 Å². The van der Waals surface area contributed by atoms with Gasteiger partial charge in [-0.1, -0.05) is 359 Å². The molecule has 0 rings (SSSR count). The zero-order chi connectivity index (χ0) is 59.2. The highest BCUT2D eigenvalue weighted by molar-refractivity contribution is 5.76. The summed E-state index contributed by atoms with van der Waals surface area (Å²) in [5.74, 6) is -0.0157. The van der Waals surface area contributed by atoms with Crippen molar-refractivity contribution < 1.29 is 24.5 Å². The van der Waals surface area contributed by atoms with Crippen LogP contribution in [0.2, 0.25) is 0 Å². The van der Waals surface area contributed by atoms with Gasteiger partial charge in [-0.25, -0.2) is 0 Å². The maximum Gasteiger partial charge on any atom is 0.305 e. The predicted octanol–water partition coefficient (Wildman–Crippen LogP) is 24.5. The van der Waals surface area contributed by atoms with Crippen molar-refractivity contribution in [2.24, 2.45) is 0 Å². The molecule has 0 saturated carbocycles. The number of carbonyl (C=O) groups is 2. The first-order chi connectivity index (χ1) is 40.5. The Labute approximate surface area is 513 Å². The molecule has 3 N–H and O–H groups in total. The van der Waals surface area contributed by atoms with Gasteiger partial charge in [0.25, 0.3) is 0 Å². The molecule has 0 aromatic heterocycles. The van der Waals surface area contributed by atoms with Crippen LogP contribution in [0.4, 0.5) is 0 Å². The van der Waals surface area contributed by atoms with E-state index in [1.165, 1.54) is 353 Å². The van der Waals surface area contributed by atoms with E-state index in [0.717, 1.165) is 38.5 Å². The lowest BCUT2D eigenvalue weighted by molar-refractivity contribution is -0.143. The lowest BCUT2D eigenvalue weighted by Crippen LogP contribution is -2.45. The summed E-state index contributed by atoms with van der Waals surface area (Å²) in [6.45, 7) is 4.99. The average molecular weight is 1160 g/mol. The number of rotatable bonds is 71. The Bertz CT molecular complexity index is 1280. The Morgan fingerprint density at radius 2 is 0.573 bits per heavy atom. The number of ether oxygens (including phenoxy) is 1. The molecule has 2 atom stereocenters. The molecular formula is C76H147NO5. The van der Waals surface area contributed by atoms with Crippen LogP contribution in [0.3, 0.4) is 0 Å². The SMILES string of the molecule is CCCCCCCC/C=C\CCCCCCCCCCCC(=O)OCCCCCCCCCCCCCC/C=C\CCCCCCCCCCCCCC(=O)NC(CO)C(O)CCCCCCCCCCCCCCCCCCCCC. The van der Waals surface area contributed by atoms with Gasteiger partial charge < -0.3 is 20.3 Å². The molecule has 486 valence electrons. The van der Waals surface area contributed by atoms with Gasteiger partial charge >= 0.3 is 5.97 Å². The molecule has 82 heavy (non-hydrogen) atoms. The summed E-state index contributed by atoms with van der Waals surface area (Å²) in [4.78, 5) is 24.7. The Hall–Kier alpha value is -1.66. The van der Waals surface area contributed by atoms with Crippen LogP contribution in [0.15, 0.2) is 24.3 Å². The third-order valence-electron chi connectivity index (χ3n) is 17.7. The molecular weight excluding hydrogens is 1010 g/mol. The maximum absolute atomic E-state index is 12.5. The molecule has 0 bridgehead atoms. The summed E-state index contributed by atoms with van der Waals surface area (Å²) >= 11 is 0. The Balaban J connectivity index is 3.37. The first-order valence-electron chi connectivity index (χ1n) is 37.6. The van der Waals surface area contributed by atoms with E-state index in [1.54, 1.807) is 0 Å². The van der Waals surface area contributed by atoms with Crippen molar-refractivity contribution in [3.63, 3.8) is 0 Å². The molecule has 0 heterocycles. The number of carbonyl (C=O) groups excluding carboxylic acids is 2. The van der Waals surface area contributed by atoms with Crippen LogP contribution in [0.1, 0.15) is 425 Å². The Morgan fingerprint density at radius 3 is 0.866 bits per heavy atom. The minimum absolute atomic E-state index is 0.0157. The number of esters is 1. The summed E-state index contributed by atoms with van der Waals surface area (Å²) in [7, 11) is 0. The second-order valence-corrected chi connectivity index (χ2v) is 26.0. The van der Waals surface area contributed by atoms with Gasteiger partial charge in [-0.2, -0.15) is 0 Å². The van der Waals surface area contributed by atoms with E-state index in [0.29, 0.717) is 25.9 Å². The number of nitrogens with one attached hydrogen (secondary N) is 1. The molecule has 0 spiro atoms.